The van der Waals surface area contributed by atoms with E-state index in [9.17, 15) is 4.79 Å². The van der Waals surface area contributed by atoms with Gasteiger partial charge in [-0.1, -0.05) is 49.4 Å². The Morgan fingerprint density at radius 3 is 2.56 bits per heavy atom. The fraction of sp³-hybridized carbons (Fsp3) is 0.312. The standard InChI is InChI=1S/C16H18O2/c1-2-12(9-10-16(17)18)15-8-7-13-5-3-4-6-14(13)11-15/h3-8,11-12H,2,9-10H2,1H3,(H,17,18). The van der Waals surface area contributed by atoms with Crippen molar-refractivity contribution in [3.8, 4) is 0 Å². The van der Waals surface area contributed by atoms with Crippen LogP contribution < -0.4 is 0 Å². The van der Waals surface area contributed by atoms with E-state index < -0.39 is 5.97 Å². The van der Waals surface area contributed by atoms with Crippen LogP contribution in [0.15, 0.2) is 42.5 Å². The lowest BCUT2D eigenvalue weighted by molar-refractivity contribution is -0.137. The van der Waals surface area contributed by atoms with E-state index in [1.807, 2.05) is 12.1 Å². The molecule has 0 spiro atoms. The molecule has 0 amide bonds. The van der Waals surface area contributed by atoms with Crippen molar-refractivity contribution in [1.29, 1.82) is 0 Å². The van der Waals surface area contributed by atoms with Crippen LogP contribution in [0, 0.1) is 0 Å². The number of carboxylic acids is 1. The largest absolute Gasteiger partial charge is 0.481 e. The monoisotopic (exact) mass is 242 g/mol. The molecular weight excluding hydrogens is 224 g/mol. The normalized spacial score (nSPS) is 12.5. The maximum absolute atomic E-state index is 10.7. The van der Waals surface area contributed by atoms with E-state index >= 15 is 0 Å². The Balaban J connectivity index is 2.24. The molecular formula is C16H18O2. The maximum atomic E-state index is 10.7. The molecule has 0 bridgehead atoms. The van der Waals surface area contributed by atoms with Gasteiger partial charge in [0.15, 0.2) is 0 Å². The highest BCUT2D eigenvalue weighted by Crippen LogP contribution is 2.27. The van der Waals surface area contributed by atoms with Crippen LogP contribution in [0.3, 0.4) is 0 Å². The summed E-state index contributed by atoms with van der Waals surface area (Å²) >= 11 is 0. The predicted octanol–water partition coefficient (Wildman–Crippen LogP) is 4.20. The van der Waals surface area contributed by atoms with Gasteiger partial charge in [-0.3, -0.25) is 4.79 Å². The van der Waals surface area contributed by atoms with Crippen molar-refractivity contribution >= 4 is 16.7 Å². The number of fused-ring (bicyclic) bond motifs is 1. The summed E-state index contributed by atoms with van der Waals surface area (Å²) in [5, 5.41) is 11.2. The predicted molar refractivity (Wildman–Crippen MR) is 73.8 cm³/mol. The fourth-order valence-corrected chi connectivity index (χ4v) is 2.37. The zero-order valence-corrected chi connectivity index (χ0v) is 10.6. The molecule has 18 heavy (non-hydrogen) atoms. The SMILES string of the molecule is CCC(CCC(=O)O)c1ccc2ccccc2c1. The number of hydrogen-bond acceptors (Lipinski definition) is 1. The van der Waals surface area contributed by atoms with Crippen LogP contribution in [-0.4, -0.2) is 11.1 Å². The van der Waals surface area contributed by atoms with E-state index in [2.05, 4.69) is 37.3 Å². The Hall–Kier alpha value is -1.83. The van der Waals surface area contributed by atoms with Gasteiger partial charge in [0.05, 0.1) is 0 Å². The van der Waals surface area contributed by atoms with Crippen molar-refractivity contribution < 1.29 is 9.90 Å². The number of aliphatic carboxylic acids is 1. The summed E-state index contributed by atoms with van der Waals surface area (Å²) in [6.07, 6.45) is 1.93. The van der Waals surface area contributed by atoms with Gasteiger partial charge in [0.25, 0.3) is 0 Å². The number of carbonyl (C=O) groups is 1. The molecule has 94 valence electrons. The second-order valence-electron chi connectivity index (χ2n) is 4.64. The van der Waals surface area contributed by atoms with Crippen LogP contribution in [0.2, 0.25) is 0 Å². The third-order valence-electron chi connectivity index (χ3n) is 3.44. The molecule has 2 aromatic rings. The highest BCUT2D eigenvalue weighted by atomic mass is 16.4. The van der Waals surface area contributed by atoms with Crippen LogP contribution in [0.5, 0.6) is 0 Å². The Kier molecular flexibility index (Phi) is 3.98. The Bertz CT molecular complexity index is 546. The molecule has 2 heteroatoms. The number of rotatable bonds is 5. The van der Waals surface area contributed by atoms with Gasteiger partial charge in [0, 0.05) is 6.42 Å². The molecule has 1 N–H and O–H groups in total. The molecule has 0 aliphatic heterocycles. The first kappa shape index (κ1) is 12.6. The molecule has 0 heterocycles. The summed E-state index contributed by atoms with van der Waals surface area (Å²) < 4.78 is 0. The Labute approximate surface area is 107 Å². The summed E-state index contributed by atoms with van der Waals surface area (Å²) in [5.41, 5.74) is 1.25. The second-order valence-corrected chi connectivity index (χ2v) is 4.64. The molecule has 1 atom stereocenters. The van der Waals surface area contributed by atoms with Gasteiger partial charge in [-0.05, 0) is 35.1 Å². The minimum Gasteiger partial charge on any atom is -0.481 e. The highest BCUT2D eigenvalue weighted by molar-refractivity contribution is 5.83. The molecule has 0 fully saturated rings. The van der Waals surface area contributed by atoms with Crippen molar-refractivity contribution in [2.24, 2.45) is 0 Å². The van der Waals surface area contributed by atoms with Crippen LogP contribution in [0.4, 0.5) is 0 Å². The lowest BCUT2D eigenvalue weighted by atomic mass is 9.90. The molecule has 1 unspecified atom stereocenters. The number of carboxylic acid groups (broad SMARTS) is 1. The maximum Gasteiger partial charge on any atom is 0.303 e. The zero-order chi connectivity index (χ0) is 13.0. The summed E-state index contributed by atoms with van der Waals surface area (Å²) in [6.45, 7) is 2.11. The van der Waals surface area contributed by atoms with Gasteiger partial charge in [0.1, 0.15) is 0 Å². The van der Waals surface area contributed by atoms with Gasteiger partial charge in [0.2, 0.25) is 0 Å². The third kappa shape index (κ3) is 2.89. The molecule has 0 radical (unpaired) electrons. The van der Waals surface area contributed by atoms with Gasteiger partial charge >= 0.3 is 5.97 Å². The van der Waals surface area contributed by atoms with Crippen LogP contribution in [0.25, 0.3) is 10.8 Å². The average molecular weight is 242 g/mol. The Morgan fingerprint density at radius 2 is 1.89 bits per heavy atom. The summed E-state index contributed by atoms with van der Waals surface area (Å²) in [7, 11) is 0. The van der Waals surface area contributed by atoms with E-state index in [0.717, 1.165) is 6.42 Å². The second kappa shape index (κ2) is 5.67. The van der Waals surface area contributed by atoms with E-state index in [1.54, 1.807) is 0 Å². The molecule has 2 aromatic carbocycles. The lowest BCUT2D eigenvalue weighted by Crippen LogP contribution is -2.02. The molecule has 0 saturated carbocycles. The third-order valence-corrected chi connectivity index (χ3v) is 3.44. The fourth-order valence-electron chi connectivity index (χ4n) is 2.37. The van der Waals surface area contributed by atoms with E-state index in [4.69, 9.17) is 5.11 Å². The first-order valence-corrected chi connectivity index (χ1v) is 6.41. The van der Waals surface area contributed by atoms with Crippen LogP contribution in [0.1, 0.15) is 37.7 Å². The highest BCUT2D eigenvalue weighted by Gasteiger charge is 2.11. The minimum absolute atomic E-state index is 0.241. The van der Waals surface area contributed by atoms with E-state index in [1.165, 1.54) is 16.3 Å². The molecule has 0 aromatic heterocycles. The number of hydrogen-bond donors (Lipinski definition) is 1. The van der Waals surface area contributed by atoms with Gasteiger partial charge in [-0.25, -0.2) is 0 Å². The van der Waals surface area contributed by atoms with E-state index in [0.29, 0.717) is 12.3 Å². The van der Waals surface area contributed by atoms with Gasteiger partial charge in [-0.15, -0.1) is 0 Å². The minimum atomic E-state index is -0.714. The van der Waals surface area contributed by atoms with Crippen molar-refractivity contribution in [3.05, 3.63) is 48.0 Å². The smallest absolute Gasteiger partial charge is 0.303 e. The van der Waals surface area contributed by atoms with Crippen molar-refractivity contribution in [2.45, 2.75) is 32.1 Å². The molecule has 2 nitrogen and oxygen atoms in total. The van der Waals surface area contributed by atoms with Crippen molar-refractivity contribution in [1.82, 2.24) is 0 Å². The van der Waals surface area contributed by atoms with Crippen molar-refractivity contribution in [2.75, 3.05) is 0 Å². The molecule has 0 aliphatic rings. The first-order chi connectivity index (χ1) is 8.70. The van der Waals surface area contributed by atoms with Gasteiger partial charge < -0.3 is 5.11 Å². The van der Waals surface area contributed by atoms with Crippen molar-refractivity contribution in [3.63, 3.8) is 0 Å². The van der Waals surface area contributed by atoms with E-state index in [-0.39, 0.29) is 6.42 Å². The van der Waals surface area contributed by atoms with Crippen LogP contribution >= 0.6 is 0 Å². The molecule has 0 saturated heterocycles. The van der Waals surface area contributed by atoms with Crippen LogP contribution in [-0.2, 0) is 4.79 Å². The van der Waals surface area contributed by atoms with Gasteiger partial charge in [-0.2, -0.15) is 0 Å². The topological polar surface area (TPSA) is 37.3 Å². The quantitative estimate of drug-likeness (QED) is 0.853. The lowest BCUT2D eigenvalue weighted by Gasteiger charge is -2.15. The number of benzene rings is 2. The zero-order valence-electron chi connectivity index (χ0n) is 10.6. The molecule has 2 rings (SSSR count). The summed E-state index contributed by atoms with van der Waals surface area (Å²) in [4.78, 5) is 10.7. The first-order valence-electron chi connectivity index (χ1n) is 6.41. The Morgan fingerprint density at radius 1 is 1.17 bits per heavy atom. The summed E-state index contributed by atoms with van der Waals surface area (Å²) in [5.74, 6) is -0.375. The summed E-state index contributed by atoms with van der Waals surface area (Å²) in [6, 6.07) is 14.7. The average Bonchev–Trinajstić information content (AvgIpc) is 2.39. The molecule has 0 aliphatic carbocycles.